The first-order chi connectivity index (χ1) is 12.5. The largest absolute Gasteiger partial charge is 0.507 e. The van der Waals surface area contributed by atoms with Crippen molar-refractivity contribution in [3.63, 3.8) is 0 Å². The standard InChI is InChI=1S/C20H19N3O3/c1-23-9-7-20(8-10-23)21-13-6-5-12-16(17(13)22-20)19(26)11-3-2-4-14(24)15(11)18(12)25/h2-6,24-26H,7-10H2,1H3. The molecule has 0 atom stereocenters. The van der Waals surface area contributed by atoms with Gasteiger partial charge in [0.2, 0.25) is 0 Å². The van der Waals surface area contributed by atoms with Gasteiger partial charge in [0.15, 0.2) is 5.66 Å². The van der Waals surface area contributed by atoms with E-state index < -0.39 is 5.66 Å². The maximum Gasteiger partial charge on any atom is 0.154 e. The van der Waals surface area contributed by atoms with Crippen LogP contribution in [-0.4, -0.2) is 46.0 Å². The fourth-order valence-electron chi connectivity index (χ4n) is 4.13. The number of phenols is 3. The van der Waals surface area contributed by atoms with Crippen LogP contribution in [0.4, 0.5) is 0 Å². The SMILES string of the molecule is CN1CCC2(CC1)N=c1ccc3c(O)c4c(O)cccc4c(O)c3c1=N2. The van der Waals surface area contributed by atoms with Crippen molar-refractivity contribution in [1.82, 2.24) is 4.90 Å². The van der Waals surface area contributed by atoms with Gasteiger partial charge in [0.25, 0.3) is 0 Å². The number of likely N-dealkylation sites (tertiary alicyclic amines) is 1. The Balaban J connectivity index is 1.88. The van der Waals surface area contributed by atoms with Crippen molar-refractivity contribution in [3.8, 4) is 17.2 Å². The Morgan fingerprint density at radius 1 is 0.885 bits per heavy atom. The minimum atomic E-state index is -0.473. The quantitative estimate of drug-likeness (QED) is 0.426. The highest BCUT2D eigenvalue weighted by molar-refractivity contribution is 6.12. The van der Waals surface area contributed by atoms with Gasteiger partial charge in [-0.25, -0.2) is 0 Å². The fraction of sp³-hybridized carbons (Fsp3) is 0.300. The number of piperidine rings is 1. The molecule has 6 nitrogen and oxygen atoms in total. The predicted molar refractivity (Wildman–Crippen MR) is 98.2 cm³/mol. The minimum absolute atomic E-state index is 0.0180. The molecule has 0 unspecified atom stereocenters. The highest BCUT2D eigenvalue weighted by atomic mass is 16.3. The van der Waals surface area contributed by atoms with Crippen molar-refractivity contribution in [2.45, 2.75) is 18.5 Å². The molecule has 1 saturated heterocycles. The van der Waals surface area contributed by atoms with E-state index >= 15 is 0 Å². The van der Waals surface area contributed by atoms with Crippen LogP contribution in [0.15, 0.2) is 40.3 Å². The van der Waals surface area contributed by atoms with Gasteiger partial charge in [-0.2, -0.15) is 0 Å². The molecule has 0 aromatic heterocycles. The van der Waals surface area contributed by atoms with Gasteiger partial charge >= 0.3 is 0 Å². The van der Waals surface area contributed by atoms with Gasteiger partial charge in [-0.15, -0.1) is 0 Å². The highest BCUT2D eigenvalue weighted by Crippen LogP contribution is 2.43. The lowest BCUT2D eigenvalue weighted by Crippen LogP contribution is -2.39. The van der Waals surface area contributed by atoms with E-state index in [1.165, 1.54) is 6.07 Å². The lowest BCUT2D eigenvalue weighted by molar-refractivity contribution is 0.197. The van der Waals surface area contributed by atoms with Crippen LogP contribution >= 0.6 is 0 Å². The van der Waals surface area contributed by atoms with Crippen LogP contribution in [0.5, 0.6) is 17.2 Å². The molecule has 3 aromatic rings. The normalized spacial score (nSPS) is 18.8. The molecule has 3 aromatic carbocycles. The first-order valence-corrected chi connectivity index (χ1v) is 8.76. The molecule has 1 fully saturated rings. The van der Waals surface area contributed by atoms with Crippen molar-refractivity contribution >= 4 is 21.5 Å². The topological polar surface area (TPSA) is 88.7 Å². The van der Waals surface area contributed by atoms with Crippen molar-refractivity contribution in [2.24, 2.45) is 9.98 Å². The van der Waals surface area contributed by atoms with Gasteiger partial charge in [0.1, 0.15) is 17.2 Å². The number of nitrogens with zero attached hydrogens (tertiary/aromatic N) is 3. The van der Waals surface area contributed by atoms with Crippen LogP contribution in [-0.2, 0) is 0 Å². The molecule has 0 radical (unpaired) electrons. The zero-order valence-corrected chi connectivity index (χ0v) is 14.4. The van der Waals surface area contributed by atoms with Crippen molar-refractivity contribution in [2.75, 3.05) is 20.1 Å². The number of benzene rings is 3. The smallest absolute Gasteiger partial charge is 0.154 e. The summed E-state index contributed by atoms with van der Waals surface area (Å²) < 4.78 is 0. The Kier molecular flexibility index (Phi) is 3.01. The molecule has 26 heavy (non-hydrogen) atoms. The Bertz CT molecular complexity index is 1190. The number of hydrogen-bond donors (Lipinski definition) is 3. The van der Waals surface area contributed by atoms with Gasteiger partial charge < -0.3 is 20.2 Å². The first-order valence-electron chi connectivity index (χ1n) is 8.76. The molecule has 0 amide bonds. The summed E-state index contributed by atoms with van der Waals surface area (Å²) in [6.45, 7) is 1.85. The van der Waals surface area contributed by atoms with Gasteiger partial charge in [0.05, 0.1) is 21.5 Å². The minimum Gasteiger partial charge on any atom is -0.507 e. The molecule has 132 valence electrons. The third-order valence-corrected chi connectivity index (χ3v) is 5.62. The summed E-state index contributed by atoms with van der Waals surface area (Å²) in [6.07, 6.45) is 1.67. The maximum atomic E-state index is 10.9. The molecule has 6 heteroatoms. The van der Waals surface area contributed by atoms with E-state index in [2.05, 4.69) is 11.9 Å². The third kappa shape index (κ3) is 1.96. The maximum absolute atomic E-state index is 10.9. The zero-order chi connectivity index (χ0) is 18.1. The lowest BCUT2D eigenvalue weighted by Gasteiger charge is -2.33. The molecule has 0 bridgehead atoms. The second-order valence-electron chi connectivity index (χ2n) is 7.26. The summed E-state index contributed by atoms with van der Waals surface area (Å²) in [6, 6.07) is 8.39. The molecule has 0 aliphatic carbocycles. The van der Waals surface area contributed by atoms with E-state index in [1.54, 1.807) is 18.2 Å². The van der Waals surface area contributed by atoms with E-state index in [0.29, 0.717) is 21.5 Å². The van der Waals surface area contributed by atoms with E-state index in [-0.39, 0.29) is 22.6 Å². The number of hydrogen-bond acceptors (Lipinski definition) is 6. The fourth-order valence-corrected chi connectivity index (χ4v) is 4.13. The Hall–Kier alpha value is -2.86. The van der Waals surface area contributed by atoms with Gasteiger partial charge in [0, 0.05) is 36.7 Å². The summed E-state index contributed by atoms with van der Waals surface area (Å²) in [7, 11) is 2.09. The monoisotopic (exact) mass is 349 g/mol. The average molecular weight is 349 g/mol. The van der Waals surface area contributed by atoms with Crippen LogP contribution in [0.25, 0.3) is 21.5 Å². The molecule has 2 aliphatic heterocycles. The van der Waals surface area contributed by atoms with Crippen molar-refractivity contribution in [1.29, 1.82) is 0 Å². The van der Waals surface area contributed by atoms with E-state index in [1.807, 2.05) is 6.07 Å². The summed E-state index contributed by atoms with van der Waals surface area (Å²) >= 11 is 0. The molecular formula is C20H19N3O3. The Morgan fingerprint density at radius 3 is 2.35 bits per heavy atom. The second kappa shape index (κ2) is 5.08. The van der Waals surface area contributed by atoms with E-state index in [4.69, 9.17) is 9.98 Å². The highest BCUT2D eigenvalue weighted by Gasteiger charge is 2.35. The summed E-state index contributed by atoms with van der Waals surface area (Å²) in [5.74, 6) is -0.0937. The number of phenolic OH excluding ortho intramolecular Hbond substituents is 3. The lowest BCUT2D eigenvalue weighted by atomic mass is 9.98. The Morgan fingerprint density at radius 2 is 1.58 bits per heavy atom. The first kappa shape index (κ1) is 15.4. The molecular weight excluding hydrogens is 330 g/mol. The summed E-state index contributed by atoms with van der Waals surface area (Å²) in [5.41, 5.74) is -0.473. The van der Waals surface area contributed by atoms with Gasteiger partial charge in [-0.3, -0.25) is 9.98 Å². The number of fused-ring (bicyclic) bond motifs is 4. The summed E-state index contributed by atoms with van der Waals surface area (Å²) in [5, 5.41) is 34.8. The van der Waals surface area contributed by atoms with Gasteiger partial charge in [-0.1, -0.05) is 12.1 Å². The third-order valence-electron chi connectivity index (χ3n) is 5.62. The van der Waals surface area contributed by atoms with Crippen LogP contribution in [0.2, 0.25) is 0 Å². The van der Waals surface area contributed by atoms with Gasteiger partial charge in [-0.05, 0) is 25.2 Å². The Labute approximate surface area is 149 Å². The average Bonchev–Trinajstić information content (AvgIpc) is 3.00. The van der Waals surface area contributed by atoms with Crippen molar-refractivity contribution < 1.29 is 15.3 Å². The van der Waals surface area contributed by atoms with E-state index in [9.17, 15) is 15.3 Å². The zero-order valence-electron chi connectivity index (χ0n) is 14.4. The van der Waals surface area contributed by atoms with Crippen LogP contribution < -0.4 is 10.7 Å². The molecule has 0 saturated carbocycles. The summed E-state index contributed by atoms with van der Waals surface area (Å²) in [4.78, 5) is 12.0. The number of aromatic hydroxyl groups is 3. The molecule has 1 spiro atoms. The van der Waals surface area contributed by atoms with Crippen LogP contribution in [0.3, 0.4) is 0 Å². The second-order valence-corrected chi connectivity index (χ2v) is 7.26. The molecule has 5 rings (SSSR count). The molecule has 2 aliphatic rings. The molecule has 2 heterocycles. The van der Waals surface area contributed by atoms with Crippen LogP contribution in [0.1, 0.15) is 12.8 Å². The van der Waals surface area contributed by atoms with Crippen molar-refractivity contribution in [3.05, 3.63) is 41.0 Å². The van der Waals surface area contributed by atoms with Crippen LogP contribution in [0, 0.1) is 0 Å². The number of rotatable bonds is 0. The van der Waals surface area contributed by atoms with E-state index in [0.717, 1.165) is 31.3 Å². The molecule has 3 N–H and O–H groups in total. The predicted octanol–water partition coefficient (Wildman–Crippen LogP) is 1.78.